The van der Waals surface area contributed by atoms with Crippen LogP contribution in [0.15, 0.2) is 177 Å². The standard InChI is InChI=1S/C55H29F3N12/c1-60-49-44(69-45-27-33(51-61-16-2-17-62-51)6-10-40(45)41-11-7-34(28-46(41)69)52-63-18-3-19-64-52)15-14-39(37-24-32(31-59)25-38(26-37)55(56,57)58)50(49)70-47-29-35(53-65-20-4-21-66-53)8-12-42(47)43-13-9-36(30-48(43)70)54-67-22-5-23-68-54/h2-30H. The summed E-state index contributed by atoms with van der Waals surface area (Å²) in [6.45, 7) is 9.23. The topological polar surface area (TPSA) is 141 Å². The van der Waals surface area contributed by atoms with Gasteiger partial charge in [0.1, 0.15) is 0 Å². The second kappa shape index (κ2) is 16.4. The van der Waals surface area contributed by atoms with Crippen LogP contribution in [0.4, 0.5) is 18.9 Å². The highest BCUT2D eigenvalue weighted by atomic mass is 19.4. The number of alkyl halides is 3. The molecule has 15 heteroatoms. The maximum absolute atomic E-state index is 14.8. The van der Waals surface area contributed by atoms with Crippen molar-refractivity contribution in [2.45, 2.75) is 6.18 Å². The molecule has 12 aromatic rings. The minimum Gasteiger partial charge on any atom is -0.319 e. The summed E-state index contributed by atoms with van der Waals surface area (Å²) in [7, 11) is 0. The molecule has 0 fully saturated rings. The van der Waals surface area contributed by atoms with Crippen molar-refractivity contribution in [1.82, 2.24) is 49.0 Å². The van der Waals surface area contributed by atoms with E-state index in [0.717, 1.165) is 33.7 Å². The zero-order valence-electron chi connectivity index (χ0n) is 36.2. The van der Waals surface area contributed by atoms with Gasteiger partial charge in [-0.05, 0) is 83.9 Å². The number of hydrogen-bond donors (Lipinski definition) is 0. The van der Waals surface area contributed by atoms with Gasteiger partial charge in [0.15, 0.2) is 23.3 Å². The maximum Gasteiger partial charge on any atom is 0.416 e. The number of halogens is 3. The molecule has 0 atom stereocenters. The summed E-state index contributed by atoms with van der Waals surface area (Å²) in [5, 5.41) is 13.4. The first-order valence-corrected chi connectivity index (χ1v) is 21.7. The molecule has 6 aromatic heterocycles. The third kappa shape index (κ3) is 6.92. The number of hydrogen-bond acceptors (Lipinski definition) is 9. The molecule has 0 aliphatic rings. The minimum absolute atomic E-state index is 0.0761. The highest BCUT2D eigenvalue weighted by Gasteiger charge is 2.33. The molecule has 6 heterocycles. The van der Waals surface area contributed by atoms with Crippen LogP contribution >= 0.6 is 0 Å². The van der Waals surface area contributed by atoms with E-state index in [0.29, 0.717) is 73.3 Å². The summed E-state index contributed by atoms with van der Waals surface area (Å²) < 4.78 is 48.3. The van der Waals surface area contributed by atoms with Crippen LogP contribution in [0.1, 0.15) is 11.1 Å². The fraction of sp³-hybridized carbons (Fsp3) is 0.0182. The van der Waals surface area contributed by atoms with Gasteiger partial charge >= 0.3 is 6.18 Å². The van der Waals surface area contributed by atoms with Crippen molar-refractivity contribution in [3.05, 3.63) is 200 Å². The van der Waals surface area contributed by atoms with Gasteiger partial charge in [0.05, 0.1) is 57.2 Å². The lowest BCUT2D eigenvalue weighted by Gasteiger charge is -2.21. The molecule has 0 saturated heterocycles. The zero-order chi connectivity index (χ0) is 47.5. The van der Waals surface area contributed by atoms with Gasteiger partial charge in [-0.2, -0.15) is 18.4 Å². The Labute approximate surface area is 395 Å². The normalized spacial score (nSPS) is 11.6. The van der Waals surface area contributed by atoms with Gasteiger partial charge in [-0.3, -0.25) is 0 Å². The molecule has 0 bridgehead atoms. The lowest BCUT2D eigenvalue weighted by atomic mass is 9.96. The quantitative estimate of drug-likeness (QED) is 0.143. The number of fused-ring (bicyclic) bond motifs is 6. The van der Waals surface area contributed by atoms with E-state index in [9.17, 15) is 25.0 Å². The largest absolute Gasteiger partial charge is 0.416 e. The monoisotopic (exact) mass is 914 g/mol. The second-order valence-corrected chi connectivity index (χ2v) is 16.2. The van der Waals surface area contributed by atoms with Gasteiger partial charge in [-0.15, -0.1) is 0 Å². The summed E-state index contributed by atoms with van der Waals surface area (Å²) in [5.41, 5.74) is 5.26. The SMILES string of the molecule is [C-]#[N+]c1c(-n2c3cc(-c4ncccn4)ccc3c3ccc(-c4ncccn4)cc32)ccc(-c2cc(C#N)cc(C(F)(F)F)c2)c1-n1c2cc(-c3ncccn3)ccc2c2ccc(-c3ncccn3)cc21. The van der Waals surface area contributed by atoms with Crippen LogP contribution in [-0.4, -0.2) is 49.0 Å². The Morgan fingerprint density at radius 2 is 0.843 bits per heavy atom. The molecule has 0 aliphatic heterocycles. The molecule has 0 radical (unpaired) electrons. The Balaban J connectivity index is 1.26. The van der Waals surface area contributed by atoms with Crippen molar-refractivity contribution >= 4 is 49.3 Å². The summed E-state index contributed by atoms with van der Waals surface area (Å²) >= 11 is 0. The Bertz CT molecular complexity index is 3930. The first kappa shape index (κ1) is 41.4. The van der Waals surface area contributed by atoms with Gasteiger partial charge in [-0.25, -0.2) is 44.7 Å². The molecule has 0 saturated carbocycles. The number of rotatable bonds is 7. The van der Waals surface area contributed by atoms with E-state index in [1.165, 1.54) is 6.07 Å². The maximum atomic E-state index is 14.8. The van der Waals surface area contributed by atoms with Gasteiger partial charge in [-0.1, -0.05) is 54.6 Å². The average Bonchev–Trinajstić information content (AvgIpc) is 3.91. The van der Waals surface area contributed by atoms with Crippen LogP contribution in [0, 0.1) is 17.9 Å². The first-order chi connectivity index (χ1) is 34.2. The fourth-order valence-electron chi connectivity index (χ4n) is 9.22. The van der Waals surface area contributed by atoms with Crippen molar-refractivity contribution in [2.24, 2.45) is 0 Å². The summed E-state index contributed by atoms with van der Waals surface area (Å²) in [6, 6.07) is 38.9. The smallest absolute Gasteiger partial charge is 0.319 e. The van der Waals surface area contributed by atoms with Crippen LogP contribution in [0.25, 0.3) is 117 Å². The van der Waals surface area contributed by atoms with Gasteiger partial charge in [0.2, 0.25) is 5.69 Å². The molecule has 12 rings (SSSR count). The van der Waals surface area contributed by atoms with Gasteiger partial charge in [0, 0.05) is 93.4 Å². The van der Waals surface area contributed by atoms with Crippen molar-refractivity contribution < 1.29 is 13.2 Å². The van der Waals surface area contributed by atoms with E-state index in [1.54, 1.807) is 86.0 Å². The molecule has 0 spiro atoms. The third-order valence-electron chi connectivity index (χ3n) is 12.2. The lowest BCUT2D eigenvalue weighted by molar-refractivity contribution is -0.137. The number of nitriles is 1. The van der Waals surface area contributed by atoms with E-state index in [-0.39, 0.29) is 28.1 Å². The highest BCUT2D eigenvalue weighted by molar-refractivity contribution is 6.14. The predicted octanol–water partition coefficient (Wildman–Crippen LogP) is 12.8. The Morgan fingerprint density at radius 3 is 1.20 bits per heavy atom. The van der Waals surface area contributed by atoms with E-state index in [1.807, 2.05) is 88.0 Å². The van der Waals surface area contributed by atoms with Crippen LogP contribution in [0.3, 0.4) is 0 Å². The van der Waals surface area contributed by atoms with Gasteiger partial charge in [0.25, 0.3) is 0 Å². The number of nitrogens with zero attached hydrogens (tertiary/aromatic N) is 12. The Morgan fingerprint density at radius 1 is 0.457 bits per heavy atom. The summed E-state index contributed by atoms with van der Waals surface area (Å²) in [6.07, 6.45) is 8.43. The van der Waals surface area contributed by atoms with Crippen molar-refractivity contribution in [1.29, 1.82) is 5.26 Å². The zero-order valence-corrected chi connectivity index (χ0v) is 36.2. The van der Waals surface area contributed by atoms with E-state index >= 15 is 0 Å². The molecule has 0 N–H and O–H groups in total. The molecule has 330 valence electrons. The molecule has 0 amide bonds. The van der Waals surface area contributed by atoms with Crippen LogP contribution in [-0.2, 0) is 6.18 Å². The van der Waals surface area contributed by atoms with Crippen LogP contribution in [0.5, 0.6) is 0 Å². The Kier molecular flexibility index (Phi) is 9.71. The molecular formula is C55H29F3N12. The molecule has 70 heavy (non-hydrogen) atoms. The fourth-order valence-corrected chi connectivity index (χ4v) is 9.22. The van der Waals surface area contributed by atoms with Crippen molar-refractivity contribution in [3.8, 4) is 74.1 Å². The molecule has 0 unspecified atom stereocenters. The second-order valence-electron chi connectivity index (χ2n) is 16.2. The lowest BCUT2D eigenvalue weighted by Crippen LogP contribution is -2.07. The minimum atomic E-state index is -4.80. The molecule has 6 aromatic carbocycles. The highest BCUT2D eigenvalue weighted by Crippen LogP contribution is 2.48. The molecule has 12 nitrogen and oxygen atoms in total. The van der Waals surface area contributed by atoms with Crippen LogP contribution in [0.2, 0.25) is 0 Å². The molecule has 0 aliphatic carbocycles. The first-order valence-electron chi connectivity index (χ1n) is 21.7. The summed E-state index contributed by atoms with van der Waals surface area (Å²) in [5.74, 6) is 1.86. The number of benzene rings is 6. The average molecular weight is 915 g/mol. The summed E-state index contributed by atoms with van der Waals surface area (Å²) in [4.78, 5) is 40.6. The van der Waals surface area contributed by atoms with E-state index in [4.69, 9.17) is 0 Å². The predicted molar refractivity (Wildman–Crippen MR) is 261 cm³/mol. The van der Waals surface area contributed by atoms with Gasteiger partial charge < -0.3 is 9.13 Å². The Hall–Kier alpha value is -9.99. The van der Waals surface area contributed by atoms with E-state index in [2.05, 4.69) is 44.7 Å². The van der Waals surface area contributed by atoms with Crippen molar-refractivity contribution in [2.75, 3.05) is 0 Å². The number of aromatic nitrogens is 10. The van der Waals surface area contributed by atoms with Crippen molar-refractivity contribution in [3.63, 3.8) is 0 Å². The third-order valence-corrected chi connectivity index (χ3v) is 12.2. The van der Waals surface area contributed by atoms with Crippen LogP contribution < -0.4 is 0 Å². The van der Waals surface area contributed by atoms with E-state index < -0.39 is 11.7 Å². The molecular weight excluding hydrogens is 886 g/mol.